The van der Waals surface area contributed by atoms with Gasteiger partial charge >= 0.3 is 0 Å². The highest BCUT2D eigenvalue weighted by Gasteiger charge is 2.24. The van der Waals surface area contributed by atoms with Crippen LogP contribution in [0.4, 0.5) is 5.95 Å². The molecule has 0 unspecified atom stereocenters. The molecule has 0 saturated carbocycles. The molecular formula is C27H32N4O5. The van der Waals surface area contributed by atoms with Gasteiger partial charge in [0.25, 0.3) is 0 Å². The number of imidazole rings is 1. The van der Waals surface area contributed by atoms with E-state index in [1.54, 1.807) is 26.0 Å². The van der Waals surface area contributed by atoms with Crippen LogP contribution in [0.5, 0.6) is 11.5 Å². The van der Waals surface area contributed by atoms with Crippen molar-refractivity contribution in [3.8, 4) is 28.4 Å². The summed E-state index contributed by atoms with van der Waals surface area (Å²) in [6, 6.07) is 15.0. The van der Waals surface area contributed by atoms with Crippen LogP contribution >= 0.6 is 0 Å². The van der Waals surface area contributed by atoms with E-state index in [9.17, 15) is 9.59 Å². The molecule has 0 radical (unpaired) electrons. The molecule has 1 atom stereocenters. The summed E-state index contributed by atoms with van der Waals surface area (Å²) < 4.78 is 18.0. The van der Waals surface area contributed by atoms with Gasteiger partial charge in [0.2, 0.25) is 17.8 Å². The molecule has 3 aromatic rings. The highest BCUT2D eigenvalue weighted by Crippen LogP contribution is 2.27. The second-order valence-corrected chi connectivity index (χ2v) is 8.56. The van der Waals surface area contributed by atoms with E-state index in [4.69, 9.17) is 19.2 Å². The Hall–Kier alpha value is -3.85. The van der Waals surface area contributed by atoms with Crippen molar-refractivity contribution in [1.82, 2.24) is 14.5 Å². The summed E-state index contributed by atoms with van der Waals surface area (Å²) in [6.45, 7) is 2.82. The van der Waals surface area contributed by atoms with Crippen molar-refractivity contribution in [2.75, 3.05) is 39.2 Å². The molecule has 1 fully saturated rings. The molecule has 36 heavy (non-hydrogen) atoms. The Bertz CT molecular complexity index is 1170. The fourth-order valence-electron chi connectivity index (χ4n) is 4.16. The van der Waals surface area contributed by atoms with E-state index >= 15 is 0 Å². The number of methoxy groups -OCH3 is 2. The Balaban J connectivity index is 1.59. The first-order valence-electron chi connectivity index (χ1n) is 12.1. The van der Waals surface area contributed by atoms with Gasteiger partial charge < -0.3 is 19.1 Å². The Morgan fingerprint density at radius 3 is 2.33 bits per heavy atom. The quantitative estimate of drug-likeness (QED) is 0.461. The zero-order valence-corrected chi connectivity index (χ0v) is 20.9. The van der Waals surface area contributed by atoms with E-state index in [2.05, 4.69) is 5.32 Å². The van der Waals surface area contributed by atoms with Crippen LogP contribution in [-0.4, -0.2) is 66.3 Å². The minimum Gasteiger partial charge on any atom is -0.497 e. The van der Waals surface area contributed by atoms with Gasteiger partial charge in [-0.2, -0.15) is 0 Å². The van der Waals surface area contributed by atoms with Crippen molar-refractivity contribution in [1.29, 1.82) is 0 Å². The average molecular weight is 493 g/mol. The van der Waals surface area contributed by atoms with Gasteiger partial charge in [0.1, 0.15) is 18.0 Å². The van der Waals surface area contributed by atoms with Crippen LogP contribution < -0.4 is 14.8 Å². The fraction of sp³-hybridized carbons (Fsp3) is 0.370. The van der Waals surface area contributed by atoms with Crippen molar-refractivity contribution in [2.45, 2.75) is 32.3 Å². The van der Waals surface area contributed by atoms with E-state index in [-0.39, 0.29) is 24.5 Å². The highest BCUT2D eigenvalue weighted by molar-refractivity contribution is 5.93. The average Bonchev–Trinajstić information content (AvgIpc) is 3.58. The lowest BCUT2D eigenvalue weighted by Crippen LogP contribution is -2.42. The third-order valence-corrected chi connectivity index (χ3v) is 6.13. The molecule has 9 heteroatoms. The second-order valence-electron chi connectivity index (χ2n) is 8.56. The Morgan fingerprint density at radius 1 is 1.08 bits per heavy atom. The van der Waals surface area contributed by atoms with Crippen LogP contribution in [-0.2, 0) is 14.3 Å². The molecule has 2 heterocycles. The van der Waals surface area contributed by atoms with Gasteiger partial charge in [0, 0.05) is 37.0 Å². The van der Waals surface area contributed by atoms with Crippen LogP contribution in [0.15, 0.2) is 54.7 Å². The predicted octanol–water partition coefficient (Wildman–Crippen LogP) is 3.91. The smallest absolute Gasteiger partial charge is 0.246 e. The Kier molecular flexibility index (Phi) is 8.22. The van der Waals surface area contributed by atoms with Gasteiger partial charge in [-0.3, -0.25) is 19.5 Å². The van der Waals surface area contributed by atoms with E-state index < -0.39 is 0 Å². The summed E-state index contributed by atoms with van der Waals surface area (Å²) in [7, 11) is 3.23. The lowest BCUT2D eigenvalue weighted by atomic mass is 10.1. The van der Waals surface area contributed by atoms with Crippen LogP contribution in [0.3, 0.4) is 0 Å². The lowest BCUT2D eigenvalue weighted by molar-refractivity contribution is -0.135. The number of ether oxygens (including phenoxy) is 3. The Morgan fingerprint density at radius 2 is 1.75 bits per heavy atom. The third kappa shape index (κ3) is 6.04. The molecule has 190 valence electrons. The number of carbonyl (C=O) groups is 2. The maximum absolute atomic E-state index is 13.1. The topological polar surface area (TPSA) is 94.9 Å². The number of benzene rings is 2. The normalized spacial score (nSPS) is 14.9. The molecule has 0 bridgehead atoms. The molecule has 1 N–H and O–H groups in total. The maximum Gasteiger partial charge on any atom is 0.246 e. The van der Waals surface area contributed by atoms with Gasteiger partial charge in [0.05, 0.1) is 26.0 Å². The first-order valence-corrected chi connectivity index (χ1v) is 12.1. The largest absolute Gasteiger partial charge is 0.497 e. The van der Waals surface area contributed by atoms with Crippen molar-refractivity contribution in [2.24, 2.45) is 0 Å². The molecule has 1 aliphatic heterocycles. The number of hydrogen-bond donors (Lipinski definition) is 1. The molecule has 2 amide bonds. The SMILES string of the molecule is CCC(=O)N(CC(=O)Nc1nc(-c2ccc(OC)cc2)cn1-c1ccc(OC)cc1)C[C@H]1CCCO1. The zero-order valence-electron chi connectivity index (χ0n) is 20.9. The summed E-state index contributed by atoms with van der Waals surface area (Å²) in [4.78, 5) is 31.9. The van der Waals surface area contributed by atoms with Crippen molar-refractivity contribution in [3.63, 3.8) is 0 Å². The van der Waals surface area contributed by atoms with E-state index in [0.717, 1.165) is 35.6 Å². The zero-order chi connectivity index (χ0) is 25.5. The maximum atomic E-state index is 13.1. The van der Waals surface area contributed by atoms with Gasteiger partial charge in [-0.15, -0.1) is 0 Å². The lowest BCUT2D eigenvalue weighted by Gasteiger charge is -2.24. The second kappa shape index (κ2) is 11.7. The fourth-order valence-corrected chi connectivity index (χ4v) is 4.16. The first-order chi connectivity index (χ1) is 17.5. The number of aromatic nitrogens is 2. The number of rotatable bonds is 10. The molecule has 1 aliphatic rings. The minimum absolute atomic E-state index is 0.0312. The number of carbonyl (C=O) groups excluding carboxylic acids is 2. The monoisotopic (exact) mass is 492 g/mol. The predicted molar refractivity (Wildman–Crippen MR) is 137 cm³/mol. The van der Waals surface area contributed by atoms with E-state index in [1.807, 2.05) is 59.3 Å². The molecule has 2 aromatic carbocycles. The van der Waals surface area contributed by atoms with Crippen LogP contribution in [0.2, 0.25) is 0 Å². The Labute approximate surface area is 211 Å². The van der Waals surface area contributed by atoms with Crippen LogP contribution in [0, 0.1) is 0 Å². The standard InChI is InChI=1S/C27H32N4O5/c1-4-26(33)30(16-23-6-5-15-36-23)18-25(32)29-27-28-24(19-7-11-21(34-2)12-8-19)17-31(27)20-9-13-22(35-3)14-10-20/h7-14,17,23H,4-6,15-16,18H2,1-3H3,(H,28,29,32)/t23-/m1/s1. The molecule has 1 saturated heterocycles. The van der Waals surface area contributed by atoms with Gasteiger partial charge in [-0.05, 0) is 61.4 Å². The summed E-state index contributed by atoms with van der Waals surface area (Å²) in [6.07, 6.45) is 4.01. The van der Waals surface area contributed by atoms with E-state index in [1.165, 1.54) is 0 Å². The van der Waals surface area contributed by atoms with Crippen LogP contribution in [0.25, 0.3) is 16.9 Å². The van der Waals surface area contributed by atoms with Crippen molar-refractivity contribution < 1.29 is 23.8 Å². The summed E-state index contributed by atoms with van der Waals surface area (Å²) >= 11 is 0. The number of hydrogen-bond acceptors (Lipinski definition) is 6. The minimum atomic E-state index is -0.323. The summed E-state index contributed by atoms with van der Waals surface area (Å²) in [5, 5.41) is 2.91. The van der Waals surface area contributed by atoms with Crippen molar-refractivity contribution in [3.05, 3.63) is 54.7 Å². The van der Waals surface area contributed by atoms with Crippen LogP contribution in [0.1, 0.15) is 26.2 Å². The number of anilines is 1. The molecular weight excluding hydrogens is 460 g/mol. The third-order valence-electron chi connectivity index (χ3n) is 6.13. The molecule has 4 rings (SSSR count). The van der Waals surface area contributed by atoms with Crippen molar-refractivity contribution >= 4 is 17.8 Å². The van der Waals surface area contributed by atoms with Gasteiger partial charge in [-0.1, -0.05) is 6.92 Å². The van der Waals surface area contributed by atoms with Gasteiger partial charge in [-0.25, -0.2) is 4.98 Å². The first kappa shape index (κ1) is 25.2. The summed E-state index contributed by atoms with van der Waals surface area (Å²) in [5.74, 6) is 1.42. The number of nitrogens with zero attached hydrogens (tertiary/aromatic N) is 3. The van der Waals surface area contributed by atoms with Gasteiger partial charge in [0.15, 0.2) is 0 Å². The summed E-state index contributed by atoms with van der Waals surface area (Å²) in [5.41, 5.74) is 2.36. The number of amides is 2. The number of nitrogens with one attached hydrogen (secondary N) is 1. The highest BCUT2D eigenvalue weighted by atomic mass is 16.5. The molecule has 0 aliphatic carbocycles. The van der Waals surface area contributed by atoms with E-state index in [0.29, 0.717) is 31.2 Å². The molecule has 1 aromatic heterocycles. The molecule has 9 nitrogen and oxygen atoms in total. The molecule has 0 spiro atoms.